The molecular formula is C14H20FN3. The van der Waals surface area contributed by atoms with Gasteiger partial charge in [0.2, 0.25) is 5.95 Å². The normalized spacial score (nSPS) is 13.1. The predicted octanol–water partition coefficient (Wildman–Crippen LogP) is 3.82. The summed E-state index contributed by atoms with van der Waals surface area (Å²) >= 11 is 0. The molecule has 0 fully saturated rings. The Labute approximate surface area is 107 Å². The first-order chi connectivity index (χ1) is 8.58. The number of halogens is 1. The van der Waals surface area contributed by atoms with Crippen LogP contribution in [-0.4, -0.2) is 9.55 Å². The Morgan fingerprint density at radius 2 is 2.11 bits per heavy atom. The second-order valence-corrected chi connectivity index (χ2v) is 4.78. The van der Waals surface area contributed by atoms with Crippen LogP contribution in [0.15, 0.2) is 12.1 Å². The SMILES string of the molecule is CCCC(CC)n1c(N)nc2cc(F)c(C)cc21. The average molecular weight is 249 g/mol. The van der Waals surface area contributed by atoms with Crippen molar-refractivity contribution in [3.8, 4) is 0 Å². The van der Waals surface area contributed by atoms with Crippen LogP contribution in [0.25, 0.3) is 11.0 Å². The van der Waals surface area contributed by atoms with Gasteiger partial charge >= 0.3 is 0 Å². The molecule has 98 valence electrons. The van der Waals surface area contributed by atoms with Gasteiger partial charge in [-0.3, -0.25) is 0 Å². The lowest BCUT2D eigenvalue weighted by atomic mass is 10.1. The largest absolute Gasteiger partial charge is 0.369 e. The van der Waals surface area contributed by atoms with E-state index in [4.69, 9.17) is 5.73 Å². The van der Waals surface area contributed by atoms with Gasteiger partial charge in [0.05, 0.1) is 11.0 Å². The highest BCUT2D eigenvalue weighted by Crippen LogP contribution is 2.29. The standard InChI is InChI=1S/C14H20FN3/c1-4-6-10(5-2)18-13-7-9(3)11(15)8-12(13)17-14(18)16/h7-8,10H,4-6H2,1-3H3,(H2,16,17). The van der Waals surface area contributed by atoms with E-state index in [2.05, 4.69) is 18.8 Å². The van der Waals surface area contributed by atoms with Crippen molar-refractivity contribution in [3.63, 3.8) is 0 Å². The third-order valence-corrected chi connectivity index (χ3v) is 3.46. The van der Waals surface area contributed by atoms with E-state index in [1.54, 1.807) is 6.92 Å². The van der Waals surface area contributed by atoms with E-state index in [-0.39, 0.29) is 5.82 Å². The Hall–Kier alpha value is -1.58. The van der Waals surface area contributed by atoms with Crippen molar-refractivity contribution in [1.29, 1.82) is 0 Å². The van der Waals surface area contributed by atoms with Crippen LogP contribution in [0.3, 0.4) is 0 Å². The predicted molar refractivity (Wildman–Crippen MR) is 73.1 cm³/mol. The molecule has 0 radical (unpaired) electrons. The summed E-state index contributed by atoms with van der Waals surface area (Å²) in [6.45, 7) is 6.06. The molecule has 0 saturated heterocycles. The molecule has 1 unspecified atom stereocenters. The van der Waals surface area contributed by atoms with Crippen molar-refractivity contribution >= 4 is 17.0 Å². The number of hydrogen-bond donors (Lipinski definition) is 1. The monoisotopic (exact) mass is 249 g/mol. The zero-order chi connectivity index (χ0) is 13.3. The first kappa shape index (κ1) is 12.9. The van der Waals surface area contributed by atoms with Crippen LogP contribution in [0.2, 0.25) is 0 Å². The molecule has 4 heteroatoms. The summed E-state index contributed by atoms with van der Waals surface area (Å²) in [5.74, 6) is 0.256. The lowest BCUT2D eigenvalue weighted by Gasteiger charge is -2.18. The van der Waals surface area contributed by atoms with Crippen LogP contribution in [0.1, 0.15) is 44.7 Å². The second-order valence-electron chi connectivity index (χ2n) is 4.78. The molecule has 1 atom stereocenters. The third-order valence-electron chi connectivity index (χ3n) is 3.46. The van der Waals surface area contributed by atoms with Gasteiger partial charge in [0, 0.05) is 12.1 Å². The summed E-state index contributed by atoms with van der Waals surface area (Å²) in [4.78, 5) is 4.27. The van der Waals surface area contributed by atoms with Gasteiger partial charge in [-0.05, 0) is 31.4 Å². The lowest BCUT2D eigenvalue weighted by Crippen LogP contribution is -2.11. The maximum Gasteiger partial charge on any atom is 0.201 e. The van der Waals surface area contributed by atoms with Crippen molar-refractivity contribution in [3.05, 3.63) is 23.5 Å². The summed E-state index contributed by atoms with van der Waals surface area (Å²) in [5, 5.41) is 0. The van der Waals surface area contributed by atoms with Crippen LogP contribution in [-0.2, 0) is 0 Å². The molecule has 0 spiro atoms. The van der Waals surface area contributed by atoms with E-state index in [0.717, 1.165) is 24.8 Å². The van der Waals surface area contributed by atoms with Gasteiger partial charge < -0.3 is 10.3 Å². The Balaban J connectivity index is 2.62. The van der Waals surface area contributed by atoms with Gasteiger partial charge in [0.25, 0.3) is 0 Å². The van der Waals surface area contributed by atoms with Gasteiger partial charge in [-0.1, -0.05) is 20.3 Å². The van der Waals surface area contributed by atoms with Crippen molar-refractivity contribution < 1.29 is 4.39 Å². The molecule has 1 aromatic heterocycles. The van der Waals surface area contributed by atoms with Gasteiger partial charge in [-0.2, -0.15) is 0 Å². The minimum Gasteiger partial charge on any atom is -0.369 e. The summed E-state index contributed by atoms with van der Waals surface area (Å²) in [6.07, 6.45) is 3.15. The highest BCUT2D eigenvalue weighted by molar-refractivity contribution is 5.79. The molecule has 1 heterocycles. The second kappa shape index (κ2) is 4.96. The summed E-state index contributed by atoms with van der Waals surface area (Å²) < 4.78 is 15.6. The number of nitrogens with two attached hydrogens (primary N) is 1. The molecule has 18 heavy (non-hydrogen) atoms. The van der Waals surface area contributed by atoms with E-state index in [1.165, 1.54) is 6.07 Å². The topological polar surface area (TPSA) is 43.8 Å². The number of anilines is 1. The molecule has 0 amide bonds. The van der Waals surface area contributed by atoms with Gasteiger partial charge in [0.1, 0.15) is 5.82 Å². The zero-order valence-corrected chi connectivity index (χ0v) is 11.2. The average Bonchev–Trinajstić information content (AvgIpc) is 2.63. The fourth-order valence-electron chi connectivity index (χ4n) is 2.47. The Morgan fingerprint density at radius 3 is 2.72 bits per heavy atom. The van der Waals surface area contributed by atoms with E-state index in [0.29, 0.717) is 23.1 Å². The number of nitrogen functional groups attached to an aromatic ring is 1. The molecule has 0 aliphatic carbocycles. The molecule has 2 rings (SSSR count). The van der Waals surface area contributed by atoms with Crippen molar-refractivity contribution in [2.45, 2.75) is 46.1 Å². The Kier molecular flexibility index (Phi) is 3.55. The van der Waals surface area contributed by atoms with E-state index < -0.39 is 0 Å². The van der Waals surface area contributed by atoms with Crippen LogP contribution in [0.4, 0.5) is 10.3 Å². The first-order valence-corrected chi connectivity index (χ1v) is 6.52. The first-order valence-electron chi connectivity index (χ1n) is 6.52. The fraction of sp³-hybridized carbons (Fsp3) is 0.500. The number of aromatic nitrogens is 2. The maximum absolute atomic E-state index is 13.5. The van der Waals surface area contributed by atoms with Crippen molar-refractivity contribution in [1.82, 2.24) is 9.55 Å². The highest BCUT2D eigenvalue weighted by atomic mass is 19.1. The Morgan fingerprint density at radius 1 is 1.39 bits per heavy atom. The smallest absolute Gasteiger partial charge is 0.201 e. The maximum atomic E-state index is 13.5. The molecule has 3 nitrogen and oxygen atoms in total. The number of hydrogen-bond acceptors (Lipinski definition) is 2. The molecule has 1 aromatic carbocycles. The van der Waals surface area contributed by atoms with Crippen LogP contribution >= 0.6 is 0 Å². The van der Waals surface area contributed by atoms with Gasteiger partial charge in [-0.25, -0.2) is 9.37 Å². The third kappa shape index (κ3) is 2.07. The summed E-state index contributed by atoms with van der Waals surface area (Å²) in [5.41, 5.74) is 8.20. The fourth-order valence-corrected chi connectivity index (χ4v) is 2.47. The minimum atomic E-state index is -0.226. The number of aryl methyl sites for hydroxylation is 1. The summed E-state index contributed by atoms with van der Waals surface area (Å²) in [6, 6.07) is 3.65. The number of rotatable bonds is 4. The van der Waals surface area contributed by atoms with Gasteiger partial charge in [-0.15, -0.1) is 0 Å². The lowest BCUT2D eigenvalue weighted by molar-refractivity contribution is 0.463. The van der Waals surface area contributed by atoms with Crippen LogP contribution in [0.5, 0.6) is 0 Å². The van der Waals surface area contributed by atoms with Crippen LogP contribution < -0.4 is 5.73 Å². The molecule has 0 bridgehead atoms. The molecule has 0 aliphatic heterocycles. The van der Waals surface area contributed by atoms with Crippen LogP contribution in [0, 0.1) is 12.7 Å². The van der Waals surface area contributed by atoms with Crippen molar-refractivity contribution in [2.75, 3.05) is 5.73 Å². The van der Waals surface area contributed by atoms with E-state index >= 15 is 0 Å². The number of fused-ring (bicyclic) bond motifs is 1. The Bertz CT molecular complexity index is 560. The van der Waals surface area contributed by atoms with Gasteiger partial charge in [0.15, 0.2) is 0 Å². The van der Waals surface area contributed by atoms with E-state index in [9.17, 15) is 4.39 Å². The molecular weight excluding hydrogens is 229 g/mol. The zero-order valence-electron chi connectivity index (χ0n) is 11.2. The molecule has 0 saturated carbocycles. The molecule has 2 aromatic rings. The molecule has 2 N–H and O–H groups in total. The quantitative estimate of drug-likeness (QED) is 0.895. The highest BCUT2D eigenvalue weighted by Gasteiger charge is 2.16. The number of benzene rings is 1. The number of nitrogens with zero attached hydrogens (tertiary/aromatic N) is 2. The minimum absolute atomic E-state index is 0.226. The van der Waals surface area contributed by atoms with Crippen molar-refractivity contribution in [2.24, 2.45) is 0 Å². The van der Waals surface area contributed by atoms with E-state index in [1.807, 2.05) is 10.6 Å². The molecule has 0 aliphatic rings. The summed E-state index contributed by atoms with van der Waals surface area (Å²) in [7, 11) is 0. The number of imidazole rings is 1.